The van der Waals surface area contributed by atoms with Crippen LogP contribution in [0.15, 0.2) is 48.5 Å². The fourth-order valence-corrected chi connectivity index (χ4v) is 4.31. The molecule has 3 aromatic rings. The van der Waals surface area contributed by atoms with Gasteiger partial charge in [0.05, 0.1) is 0 Å². The fourth-order valence-electron chi connectivity index (χ4n) is 4.31. The van der Waals surface area contributed by atoms with Crippen LogP contribution in [0.3, 0.4) is 0 Å². The van der Waals surface area contributed by atoms with Crippen LogP contribution in [0.4, 0.5) is 20.7 Å². The van der Waals surface area contributed by atoms with Crippen molar-refractivity contribution in [3.8, 4) is 0 Å². The van der Waals surface area contributed by atoms with Crippen molar-refractivity contribution in [2.75, 3.05) is 36.4 Å². The predicted octanol–water partition coefficient (Wildman–Crippen LogP) is 5.30. The Morgan fingerprint density at radius 2 is 1.74 bits per heavy atom. The van der Waals surface area contributed by atoms with Crippen molar-refractivity contribution in [3.05, 3.63) is 82.6 Å². The second-order valence-electron chi connectivity index (χ2n) is 9.15. The van der Waals surface area contributed by atoms with E-state index >= 15 is 0 Å². The van der Waals surface area contributed by atoms with Crippen molar-refractivity contribution in [2.24, 2.45) is 0 Å². The van der Waals surface area contributed by atoms with Gasteiger partial charge in [0.15, 0.2) is 0 Å². The number of benzene rings is 2. The second-order valence-corrected chi connectivity index (χ2v) is 9.15. The van der Waals surface area contributed by atoms with Crippen molar-refractivity contribution >= 4 is 17.5 Å². The van der Waals surface area contributed by atoms with E-state index in [1.807, 2.05) is 36.9 Å². The van der Waals surface area contributed by atoms with E-state index in [4.69, 9.17) is 4.98 Å². The van der Waals surface area contributed by atoms with Gasteiger partial charge < -0.3 is 15.1 Å². The molecule has 0 radical (unpaired) electrons. The zero-order chi connectivity index (χ0) is 24.2. The SMILES string of the molecule is Cc1nc(C)c(Cc2cccc(F)c2)c(N2CCN(C(=O)Nc3ccc(C(C)C)cc3)CC2)n1. The number of anilines is 2. The average Bonchev–Trinajstić information content (AvgIpc) is 2.81. The topological polar surface area (TPSA) is 61.4 Å². The number of hydrogen-bond donors (Lipinski definition) is 1. The summed E-state index contributed by atoms with van der Waals surface area (Å²) in [5.41, 5.74) is 4.83. The highest BCUT2D eigenvalue weighted by Gasteiger charge is 2.25. The summed E-state index contributed by atoms with van der Waals surface area (Å²) in [6, 6.07) is 14.6. The van der Waals surface area contributed by atoms with Crippen LogP contribution in [-0.2, 0) is 6.42 Å². The van der Waals surface area contributed by atoms with E-state index in [9.17, 15) is 9.18 Å². The summed E-state index contributed by atoms with van der Waals surface area (Å²) in [6.07, 6.45) is 0.562. The molecule has 178 valence electrons. The third kappa shape index (κ3) is 5.53. The van der Waals surface area contributed by atoms with Crippen LogP contribution in [0.2, 0.25) is 0 Å². The van der Waals surface area contributed by atoms with E-state index in [-0.39, 0.29) is 11.8 Å². The Morgan fingerprint density at radius 3 is 2.38 bits per heavy atom. The minimum atomic E-state index is -0.247. The molecule has 0 bridgehead atoms. The molecule has 1 saturated heterocycles. The van der Waals surface area contributed by atoms with Gasteiger partial charge in [-0.05, 0) is 55.2 Å². The van der Waals surface area contributed by atoms with E-state index in [0.717, 1.165) is 28.3 Å². The number of urea groups is 1. The number of nitrogens with one attached hydrogen (secondary N) is 1. The maximum atomic E-state index is 13.7. The van der Waals surface area contributed by atoms with Crippen LogP contribution in [-0.4, -0.2) is 47.1 Å². The molecule has 2 amide bonds. The molecule has 1 N–H and O–H groups in total. The van der Waals surface area contributed by atoms with Crippen LogP contribution < -0.4 is 10.2 Å². The molecule has 0 atom stereocenters. The van der Waals surface area contributed by atoms with Crippen molar-refractivity contribution < 1.29 is 9.18 Å². The minimum absolute atomic E-state index is 0.0908. The number of halogens is 1. The monoisotopic (exact) mass is 461 g/mol. The molecule has 1 fully saturated rings. The molecule has 7 heteroatoms. The predicted molar refractivity (Wildman–Crippen MR) is 134 cm³/mol. The summed E-state index contributed by atoms with van der Waals surface area (Å²) in [7, 11) is 0. The molecule has 2 heterocycles. The Balaban J connectivity index is 1.44. The van der Waals surface area contributed by atoms with Gasteiger partial charge in [-0.15, -0.1) is 0 Å². The molecule has 6 nitrogen and oxygen atoms in total. The maximum absolute atomic E-state index is 13.7. The standard InChI is InChI=1S/C27H32FN5O/c1-18(2)22-8-10-24(11-9-22)31-27(34)33-14-12-32(13-15-33)26-25(19(3)29-20(4)30-26)17-21-6-5-7-23(28)16-21/h5-11,16,18H,12-15,17H2,1-4H3,(H,31,34). The first kappa shape index (κ1) is 23.7. The van der Waals surface area contributed by atoms with Crippen LogP contribution in [0, 0.1) is 19.7 Å². The van der Waals surface area contributed by atoms with Crippen molar-refractivity contribution in [3.63, 3.8) is 0 Å². The molecular weight excluding hydrogens is 429 g/mol. The first-order chi connectivity index (χ1) is 16.3. The maximum Gasteiger partial charge on any atom is 0.321 e. The zero-order valence-corrected chi connectivity index (χ0v) is 20.3. The van der Waals surface area contributed by atoms with Gasteiger partial charge in [-0.2, -0.15) is 0 Å². The molecule has 34 heavy (non-hydrogen) atoms. The first-order valence-electron chi connectivity index (χ1n) is 11.8. The molecule has 0 aliphatic carbocycles. The van der Waals surface area contributed by atoms with Crippen LogP contribution in [0.5, 0.6) is 0 Å². The molecule has 0 spiro atoms. The highest BCUT2D eigenvalue weighted by Crippen LogP contribution is 2.26. The molecule has 0 saturated carbocycles. The van der Waals surface area contributed by atoms with Crippen molar-refractivity contribution in [1.29, 1.82) is 0 Å². The summed E-state index contributed by atoms with van der Waals surface area (Å²) < 4.78 is 13.7. The van der Waals surface area contributed by atoms with E-state index in [0.29, 0.717) is 44.3 Å². The molecule has 1 aliphatic heterocycles. The van der Waals surface area contributed by atoms with E-state index in [1.165, 1.54) is 11.6 Å². The smallest absolute Gasteiger partial charge is 0.321 e. The van der Waals surface area contributed by atoms with Crippen LogP contribution in [0.25, 0.3) is 0 Å². The summed E-state index contributed by atoms with van der Waals surface area (Å²) in [4.78, 5) is 26.1. The lowest BCUT2D eigenvalue weighted by atomic mass is 10.0. The highest BCUT2D eigenvalue weighted by molar-refractivity contribution is 5.89. The van der Waals surface area contributed by atoms with Gasteiger partial charge in [-0.25, -0.2) is 19.2 Å². The van der Waals surface area contributed by atoms with E-state index < -0.39 is 0 Å². The quantitative estimate of drug-likeness (QED) is 0.560. The lowest BCUT2D eigenvalue weighted by Crippen LogP contribution is -2.50. The third-order valence-corrected chi connectivity index (χ3v) is 6.27. The van der Waals surface area contributed by atoms with Gasteiger partial charge in [0.1, 0.15) is 17.5 Å². The number of piperazine rings is 1. The minimum Gasteiger partial charge on any atom is -0.353 e. The number of aryl methyl sites for hydroxylation is 2. The summed E-state index contributed by atoms with van der Waals surface area (Å²) in [5.74, 6) is 1.79. The van der Waals surface area contributed by atoms with Gasteiger partial charge >= 0.3 is 6.03 Å². The lowest BCUT2D eigenvalue weighted by molar-refractivity contribution is 0.208. The lowest BCUT2D eigenvalue weighted by Gasteiger charge is -2.36. The Kier molecular flexibility index (Phi) is 7.10. The van der Waals surface area contributed by atoms with Gasteiger partial charge in [0, 0.05) is 49.5 Å². The van der Waals surface area contributed by atoms with Crippen LogP contribution in [0.1, 0.15) is 48.0 Å². The molecular formula is C27H32FN5O. The summed E-state index contributed by atoms with van der Waals surface area (Å²) in [5, 5.41) is 3.01. The zero-order valence-electron chi connectivity index (χ0n) is 20.3. The molecule has 0 unspecified atom stereocenters. The Morgan fingerprint density at radius 1 is 1.03 bits per heavy atom. The molecule has 4 rings (SSSR count). The number of amides is 2. The highest BCUT2D eigenvalue weighted by atomic mass is 19.1. The fraction of sp³-hybridized carbons (Fsp3) is 0.370. The van der Waals surface area contributed by atoms with E-state index in [1.54, 1.807) is 12.1 Å². The Bertz CT molecular complexity index is 1150. The van der Waals surface area contributed by atoms with Gasteiger partial charge in [0.2, 0.25) is 0 Å². The van der Waals surface area contributed by atoms with Crippen molar-refractivity contribution in [1.82, 2.24) is 14.9 Å². The number of hydrogen-bond acceptors (Lipinski definition) is 4. The molecule has 1 aliphatic rings. The largest absolute Gasteiger partial charge is 0.353 e. The number of carbonyl (C=O) groups excluding carboxylic acids is 1. The number of aromatic nitrogens is 2. The van der Waals surface area contributed by atoms with E-state index in [2.05, 4.69) is 41.2 Å². The average molecular weight is 462 g/mol. The first-order valence-corrected chi connectivity index (χ1v) is 11.8. The normalized spacial score (nSPS) is 13.9. The van der Waals surface area contributed by atoms with Crippen molar-refractivity contribution in [2.45, 2.75) is 40.0 Å². The third-order valence-electron chi connectivity index (χ3n) is 6.27. The van der Waals surface area contributed by atoms with Gasteiger partial charge in [-0.3, -0.25) is 0 Å². The number of rotatable bonds is 5. The molecule has 1 aromatic heterocycles. The number of nitrogens with zero attached hydrogens (tertiary/aromatic N) is 4. The Labute approximate surface area is 200 Å². The second kappa shape index (κ2) is 10.2. The number of carbonyl (C=O) groups is 1. The van der Waals surface area contributed by atoms with Gasteiger partial charge in [0.25, 0.3) is 0 Å². The van der Waals surface area contributed by atoms with Gasteiger partial charge in [-0.1, -0.05) is 38.1 Å². The summed E-state index contributed by atoms with van der Waals surface area (Å²) >= 11 is 0. The molecule has 2 aromatic carbocycles. The van der Waals surface area contributed by atoms with Crippen LogP contribution >= 0.6 is 0 Å². The Hall–Kier alpha value is -3.48. The summed E-state index contributed by atoms with van der Waals surface area (Å²) in [6.45, 7) is 10.7.